The molecule has 2 nitrogen and oxygen atoms in total. The van der Waals surface area contributed by atoms with Crippen molar-refractivity contribution in [1.82, 2.24) is 0 Å². The van der Waals surface area contributed by atoms with Gasteiger partial charge in [0.05, 0.1) is 6.67 Å². The fourth-order valence-electron chi connectivity index (χ4n) is 0.276. The van der Waals surface area contributed by atoms with Crippen LogP contribution in [0.4, 0.5) is 4.39 Å². The zero-order chi connectivity index (χ0) is 9.66. The van der Waals surface area contributed by atoms with Gasteiger partial charge in [0.15, 0.2) is 0 Å². The van der Waals surface area contributed by atoms with Crippen molar-refractivity contribution in [3.05, 3.63) is 0 Å². The highest BCUT2D eigenvalue weighted by molar-refractivity contribution is 6.18. The molecule has 0 aromatic heterocycles. The van der Waals surface area contributed by atoms with E-state index in [1.807, 2.05) is 13.8 Å². The van der Waals surface area contributed by atoms with Gasteiger partial charge in [-0.2, -0.15) is 0 Å². The summed E-state index contributed by atoms with van der Waals surface area (Å²) >= 11 is 5.06. The fraction of sp³-hybridized carbons (Fsp3) is 1.00. The van der Waals surface area contributed by atoms with E-state index in [9.17, 15) is 4.39 Å². The molecule has 0 aromatic carbocycles. The van der Waals surface area contributed by atoms with Crippen LogP contribution in [-0.4, -0.2) is 35.8 Å². The second-order valence-electron chi connectivity index (χ2n) is 1.83. The molecule has 0 bridgehead atoms. The third-order valence-corrected chi connectivity index (χ3v) is 2.26. The Morgan fingerprint density at radius 2 is 1.75 bits per heavy atom. The van der Waals surface area contributed by atoms with Crippen molar-refractivity contribution in [1.29, 1.82) is 0 Å². The van der Waals surface area contributed by atoms with Crippen LogP contribution in [-0.2, 0) is 8.85 Å². The van der Waals surface area contributed by atoms with E-state index in [2.05, 4.69) is 0 Å². The molecule has 0 spiro atoms. The maximum absolute atomic E-state index is 10.9. The summed E-state index contributed by atoms with van der Waals surface area (Å²) in [5.41, 5.74) is 0. The summed E-state index contributed by atoms with van der Waals surface area (Å²) in [7, 11) is -0.589. The lowest BCUT2D eigenvalue weighted by Gasteiger charge is -1.96. The van der Waals surface area contributed by atoms with Gasteiger partial charge in [0.2, 0.25) is 0 Å². The molecule has 0 heterocycles. The maximum atomic E-state index is 10.9. The predicted octanol–water partition coefficient (Wildman–Crippen LogP) is 1.64. The minimum Gasteiger partial charge on any atom is -0.399 e. The van der Waals surface area contributed by atoms with Crippen LogP contribution < -0.4 is 0 Å². The van der Waals surface area contributed by atoms with Crippen molar-refractivity contribution in [2.24, 2.45) is 0 Å². The molecule has 0 radical (unpaired) electrons. The normalized spacial score (nSPS) is 9.00. The summed E-state index contributed by atoms with van der Waals surface area (Å²) in [6.07, 6.45) is 0.488. The Hall–Kier alpha value is 0.357. The summed E-state index contributed by atoms with van der Waals surface area (Å²) < 4.78 is 20.9. The predicted molar refractivity (Wildman–Crippen MR) is 53.1 cm³/mol. The van der Waals surface area contributed by atoms with E-state index in [1.54, 1.807) is 0 Å². The van der Waals surface area contributed by atoms with Crippen LogP contribution in [0.2, 0.25) is 0 Å². The third-order valence-electron chi connectivity index (χ3n) is 0.842. The zero-order valence-electron chi connectivity index (χ0n) is 7.82. The van der Waals surface area contributed by atoms with Gasteiger partial charge in [0, 0.05) is 19.1 Å². The van der Waals surface area contributed by atoms with Gasteiger partial charge in [-0.3, -0.25) is 4.39 Å². The fourth-order valence-corrected chi connectivity index (χ4v) is 0.828. The van der Waals surface area contributed by atoms with Gasteiger partial charge < -0.3 is 8.85 Å². The average Bonchev–Trinajstić information content (AvgIpc) is 2.08. The number of halogens is 2. The van der Waals surface area contributed by atoms with E-state index in [0.717, 1.165) is 13.2 Å². The number of hydrogen-bond acceptors (Lipinski definition) is 2. The van der Waals surface area contributed by atoms with Crippen LogP contribution in [0.25, 0.3) is 0 Å². The Kier molecular flexibility index (Phi) is 21.6. The molecule has 5 heteroatoms. The standard InChI is InChI=1S/C4H12O2Si.C3H6ClF/c1-3-5-7-6-4-2;4-2-1-3-5/h3-4,7H2,1-2H3;1-3H2. The van der Waals surface area contributed by atoms with Crippen molar-refractivity contribution in [2.75, 3.05) is 25.8 Å². The number of hydrogen-bond donors (Lipinski definition) is 0. The van der Waals surface area contributed by atoms with Crippen molar-refractivity contribution >= 4 is 21.6 Å². The van der Waals surface area contributed by atoms with Gasteiger partial charge in [-0.25, -0.2) is 0 Å². The average molecular weight is 217 g/mol. The second kappa shape index (κ2) is 17.4. The van der Waals surface area contributed by atoms with Crippen molar-refractivity contribution in [3.8, 4) is 0 Å². The molecular weight excluding hydrogens is 199 g/mol. The lowest BCUT2D eigenvalue weighted by Crippen LogP contribution is -2.02. The molecule has 0 aliphatic heterocycles. The minimum absolute atomic E-state index is 0.288. The molecule has 0 saturated heterocycles. The highest BCUT2D eigenvalue weighted by atomic mass is 35.5. The maximum Gasteiger partial charge on any atom is 0.304 e. The van der Waals surface area contributed by atoms with Crippen LogP contribution in [0.5, 0.6) is 0 Å². The molecule has 0 fully saturated rings. The summed E-state index contributed by atoms with van der Waals surface area (Å²) in [5.74, 6) is 0.441. The van der Waals surface area contributed by atoms with Crippen LogP contribution in [0, 0.1) is 0 Å². The van der Waals surface area contributed by atoms with Gasteiger partial charge in [-0.1, -0.05) is 0 Å². The van der Waals surface area contributed by atoms with Crippen LogP contribution in [0.15, 0.2) is 0 Å². The first-order valence-corrected chi connectivity index (χ1v) is 5.79. The van der Waals surface area contributed by atoms with Crippen molar-refractivity contribution in [3.63, 3.8) is 0 Å². The van der Waals surface area contributed by atoms with Gasteiger partial charge >= 0.3 is 10.0 Å². The number of rotatable bonds is 6. The van der Waals surface area contributed by atoms with E-state index < -0.39 is 10.0 Å². The minimum atomic E-state index is -0.589. The van der Waals surface area contributed by atoms with Crippen LogP contribution in [0.1, 0.15) is 20.3 Å². The summed E-state index contributed by atoms with van der Waals surface area (Å²) in [4.78, 5) is 0. The van der Waals surface area contributed by atoms with Gasteiger partial charge in [-0.05, 0) is 20.3 Å². The molecule has 0 atom stereocenters. The third kappa shape index (κ3) is 22.4. The lowest BCUT2D eigenvalue weighted by atomic mass is 10.6. The Morgan fingerprint density at radius 1 is 1.25 bits per heavy atom. The zero-order valence-corrected chi connectivity index (χ0v) is 9.99. The van der Waals surface area contributed by atoms with Gasteiger partial charge in [-0.15, -0.1) is 11.6 Å². The molecule has 0 aliphatic carbocycles. The van der Waals surface area contributed by atoms with Crippen LogP contribution >= 0.6 is 11.6 Å². The summed E-state index contributed by atoms with van der Waals surface area (Å²) in [5, 5.41) is 0. The Bertz CT molecular complexity index is 63.4. The Balaban J connectivity index is 0. The molecule has 0 amide bonds. The Morgan fingerprint density at radius 3 is 1.92 bits per heavy atom. The molecule has 76 valence electrons. The first-order chi connectivity index (χ1) is 5.83. The van der Waals surface area contributed by atoms with E-state index in [1.165, 1.54) is 0 Å². The number of alkyl halides is 2. The highest BCUT2D eigenvalue weighted by Gasteiger charge is 1.79. The van der Waals surface area contributed by atoms with Crippen LogP contribution in [0.3, 0.4) is 0 Å². The molecule has 0 rings (SSSR count). The first-order valence-electron chi connectivity index (χ1n) is 4.10. The van der Waals surface area contributed by atoms with E-state index in [4.69, 9.17) is 20.5 Å². The first kappa shape index (κ1) is 14.9. The molecule has 0 N–H and O–H groups in total. The van der Waals surface area contributed by atoms with Crippen molar-refractivity contribution in [2.45, 2.75) is 20.3 Å². The van der Waals surface area contributed by atoms with Crippen molar-refractivity contribution < 1.29 is 13.2 Å². The molecule has 0 aromatic rings. The molecule has 0 aliphatic rings. The topological polar surface area (TPSA) is 18.5 Å². The lowest BCUT2D eigenvalue weighted by molar-refractivity contribution is 0.240. The summed E-state index contributed by atoms with van der Waals surface area (Å²) in [6, 6.07) is 0. The SMILES string of the molecule is CCO[SiH2]OCC.FCCCCl. The van der Waals surface area contributed by atoms with E-state index in [0.29, 0.717) is 12.3 Å². The van der Waals surface area contributed by atoms with Gasteiger partial charge in [0.1, 0.15) is 0 Å². The quantitative estimate of drug-likeness (QED) is 0.382. The van der Waals surface area contributed by atoms with Gasteiger partial charge in [0.25, 0.3) is 0 Å². The second-order valence-corrected chi connectivity index (χ2v) is 3.27. The van der Waals surface area contributed by atoms with E-state index in [-0.39, 0.29) is 6.67 Å². The summed E-state index contributed by atoms with van der Waals surface area (Å²) in [6.45, 7) is 5.26. The highest BCUT2D eigenvalue weighted by Crippen LogP contribution is 1.81. The Labute approximate surface area is 81.5 Å². The monoisotopic (exact) mass is 216 g/mol. The van der Waals surface area contributed by atoms with E-state index >= 15 is 0 Å². The molecular formula is C7H18ClFO2Si. The molecule has 0 saturated carbocycles. The molecule has 0 unspecified atom stereocenters. The smallest absolute Gasteiger partial charge is 0.304 e. The largest absolute Gasteiger partial charge is 0.399 e. The molecule has 12 heavy (non-hydrogen) atoms.